The number of rotatable bonds is 8. The molecule has 0 rings (SSSR count). The summed E-state index contributed by atoms with van der Waals surface area (Å²) in [5.41, 5.74) is 0. The Morgan fingerprint density at radius 3 is 2.41 bits per heavy atom. The normalized spacial score (nSPS) is 12.4. The van der Waals surface area contributed by atoms with E-state index >= 15 is 0 Å². The number of hydrogen-bond acceptors (Lipinski definition) is 4. The average molecular weight is 242 g/mol. The van der Waals surface area contributed by atoms with Crippen molar-refractivity contribution in [3.8, 4) is 0 Å². The van der Waals surface area contributed by atoms with Gasteiger partial charge < -0.3 is 9.47 Å². The smallest absolute Gasteiger partial charge is 0.309 e. The lowest BCUT2D eigenvalue weighted by atomic mass is 10.1. The number of hydrogen-bond donors (Lipinski definition) is 0. The molecule has 0 radical (unpaired) electrons. The van der Waals surface area contributed by atoms with Gasteiger partial charge in [-0.2, -0.15) is 0 Å². The van der Waals surface area contributed by atoms with Crippen LogP contribution < -0.4 is 0 Å². The van der Waals surface area contributed by atoms with Gasteiger partial charge in [-0.25, -0.2) is 0 Å². The van der Waals surface area contributed by atoms with Crippen LogP contribution in [-0.2, 0) is 19.1 Å². The van der Waals surface area contributed by atoms with Gasteiger partial charge in [0.05, 0.1) is 13.5 Å². The van der Waals surface area contributed by atoms with E-state index in [2.05, 4.69) is 4.74 Å². The molecule has 0 aliphatic carbocycles. The van der Waals surface area contributed by atoms with Crippen molar-refractivity contribution < 1.29 is 19.1 Å². The molecular weight excluding hydrogens is 220 g/mol. The van der Waals surface area contributed by atoms with Crippen LogP contribution >= 0.6 is 0 Å². The highest BCUT2D eigenvalue weighted by atomic mass is 16.5. The number of carbonyl (C=O) groups is 2. The Labute approximate surface area is 103 Å². The Balaban J connectivity index is 3.91. The quantitative estimate of drug-likeness (QED) is 0.485. The van der Waals surface area contributed by atoms with Crippen molar-refractivity contribution in [2.45, 2.75) is 52.1 Å². The lowest BCUT2D eigenvalue weighted by Gasteiger charge is -2.14. The second kappa shape index (κ2) is 9.87. The lowest BCUT2D eigenvalue weighted by molar-refractivity contribution is -0.150. The zero-order chi connectivity index (χ0) is 13.1. The molecule has 1 unspecified atom stereocenters. The fourth-order valence-electron chi connectivity index (χ4n) is 1.31. The summed E-state index contributed by atoms with van der Waals surface area (Å²) in [4.78, 5) is 22.4. The Kier molecular flexibility index (Phi) is 9.11. The Morgan fingerprint density at radius 1 is 1.18 bits per heavy atom. The van der Waals surface area contributed by atoms with Crippen molar-refractivity contribution in [2.75, 3.05) is 7.11 Å². The van der Waals surface area contributed by atoms with Crippen molar-refractivity contribution in [1.82, 2.24) is 0 Å². The third-order valence-electron chi connectivity index (χ3n) is 2.34. The first-order valence-electron chi connectivity index (χ1n) is 6.05. The van der Waals surface area contributed by atoms with Gasteiger partial charge >= 0.3 is 11.9 Å². The number of methoxy groups -OCH3 is 1. The summed E-state index contributed by atoms with van der Waals surface area (Å²) in [7, 11) is 1.35. The number of ether oxygens (including phenoxy) is 2. The first-order valence-corrected chi connectivity index (χ1v) is 6.05. The predicted molar refractivity (Wildman–Crippen MR) is 65.5 cm³/mol. The zero-order valence-electron chi connectivity index (χ0n) is 10.9. The molecule has 0 saturated heterocycles. The van der Waals surface area contributed by atoms with Crippen LogP contribution in [0.25, 0.3) is 0 Å². The van der Waals surface area contributed by atoms with Gasteiger partial charge in [-0.15, -0.1) is 0 Å². The summed E-state index contributed by atoms with van der Waals surface area (Å²) in [6.07, 6.45) is 6.25. The molecule has 17 heavy (non-hydrogen) atoms. The molecule has 0 bridgehead atoms. The molecule has 0 aromatic rings. The largest absolute Gasteiger partial charge is 0.469 e. The molecule has 0 aromatic carbocycles. The van der Waals surface area contributed by atoms with E-state index in [1.165, 1.54) is 7.11 Å². The van der Waals surface area contributed by atoms with Crippen LogP contribution in [0, 0.1) is 0 Å². The van der Waals surface area contributed by atoms with E-state index in [1.54, 1.807) is 6.08 Å². The maximum atomic E-state index is 11.4. The summed E-state index contributed by atoms with van der Waals surface area (Å²) < 4.78 is 9.78. The molecule has 0 heterocycles. The van der Waals surface area contributed by atoms with Crippen molar-refractivity contribution in [3.05, 3.63) is 12.2 Å². The lowest BCUT2D eigenvalue weighted by Crippen LogP contribution is -2.18. The second-order valence-electron chi connectivity index (χ2n) is 3.72. The summed E-state index contributed by atoms with van der Waals surface area (Å²) >= 11 is 0. The minimum atomic E-state index is -0.273. The van der Waals surface area contributed by atoms with Crippen molar-refractivity contribution in [3.63, 3.8) is 0 Å². The van der Waals surface area contributed by atoms with Crippen LogP contribution in [0.2, 0.25) is 0 Å². The van der Waals surface area contributed by atoms with Crippen LogP contribution in [0.1, 0.15) is 46.0 Å². The van der Waals surface area contributed by atoms with Gasteiger partial charge in [-0.05, 0) is 19.3 Å². The first-order chi connectivity index (χ1) is 8.13. The van der Waals surface area contributed by atoms with E-state index in [9.17, 15) is 9.59 Å². The monoisotopic (exact) mass is 242 g/mol. The second-order valence-corrected chi connectivity index (χ2v) is 3.72. The summed E-state index contributed by atoms with van der Waals surface area (Å²) in [5.74, 6) is -0.517. The van der Waals surface area contributed by atoms with E-state index in [-0.39, 0.29) is 24.5 Å². The molecule has 4 nitrogen and oxygen atoms in total. The maximum absolute atomic E-state index is 11.4. The van der Waals surface area contributed by atoms with Crippen LogP contribution in [0.5, 0.6) is 0 Å². The minimum Gasteiger partial charge on any atom is -0.469 e. The minimum absolute atomic E-state index is 0.198. The summed E-state index contributed by atoms with van der Waals surface area (Å²) in [6, 6.07) is 0. The van der Waals surface area contributed by atoms with Crippen molar-refractivity contribution in [2.24, 2.45) is 0 Å². The highest BCUT2D eigenvalue weighted by Gasteiger charge is 2.13. The fraction of sp³-hybridized carbons (Fsp3) is 0.692. The van der Waals surface area contributed by atoms with E-state index in [0.717, 1.165) is 6.42 Å². The maximum Gasteiger partial charge on any atom is 0.309 e. The molecule has 0 aromatic heterocycles. The van der Waals surface area contributed by atoms with Gasteiger partial charge in [0.15, 0.2) is 0 Å². The Morgan fingerprint density at radius 2 is 1.88 bits per heavy atom. The van der Waals surface area contributed by atoms with Crippen LogP contribution in [0.15, 0.2) is 12.2 Å². The molecule has 0 N–H and O–H groups in total. The SMILES string of the molecule is CCC=CCC(=O)OC(CC)CCC(=O)OC. The molecule has 4 heteroatoms. The molecule has 0 fully saturated rings. The predicted octanol–water partition coefficient (Wildman–Crippen LogP) is 2.62. The van der Waals surface area contributed by atoms with E-state index in [0.29, 0.717) is 19.3 Å². The van der Waals surface area contributed by atoms with Gasteiger partial charge in [0.25, 0.3) is 0 Å². The molecule has 0 aliphatic rings. The zero-order valence-corrected chi connectivity index (χ0v) is 10.9. The van der Waals surface area contributed by atoms with E-state index in [4.69, 9.17) is 4.74 Å². The third-order valence-corrected chi connectivity index (χ3v) is 2.34. The number of allylic oxidation sites excluding steroid dienone is 1. The number of carbonyl (C=O) groups excluding carboxylic acids is 2. The molecule has 0 amide bonds. The molecular formula is C13H22O4. The van der Waals surface area contributed by atoms with Crippen molar-refractivity contribution >= 4 is 11.9 Å². The van der Waals surface area contributed by atoms with Crippen LogP contribution in [0.4, 0.5) is 0 Å². The highest BCUT2D eigenvalue weighted by Crippen LogP contribution is 2.09. The van der Waals surface area contributed by atoms with Gasteiger partial charge in [0, 0.05) is 6.42 Å². The van der Waals surface area contributed by atoms with E-state index < -0.39 is 0 Å². The number of esters is 2. The topological polar surface area (TPSA) is 52.6 Å². The van der Waals surface area contributed by atoms with Crippen LogP contribution in [-0.4, -0.2) is 25.2 Å². The fourth-order valence-corrected chi connectivity index (χ4v) is 1.31. The first kappa shape index (κ1) is 15.7. The third kappa shape index (κ3) is 8.48. The Hall–Kier alpha value is -1.32. The summed E-state index contributed by atoms with van der Waals surface area (Å²) in [6.45, 7) is 3.93. The standard InChI is InChI=1S/C13H22O4/c1-4-6-7-8-13(15)17-11(5-2)9-10-12(14)16-3/h6-7,11H,4-5,8-10H2,1-3H3. The van der Waals surface area contributed by atoms with Gasteiger partial charge in [-0.3, -0.25) is 9.59 Å². The summed E-state index contributed by atoms with van der Waals surface area (Å²) in [5, 5.41) is 0. The average Bonchev–Trinajstić information content (AvgIpc) is 2.34. The van der Waals surface area contributed by atoms with Gasteiger partial charge in [0.1, 0.15) is 6.10 Å². The molecule has 0 saturated carbocycles. The van der Waals surface area contributed by atoms with Crippen molar-refractivity contribution in [1.29, 1.82) is 0 Å². The molecule has 1 atom stereocenters. The molecule has 98 valence electrons. The van der Waals surface area contributed by atoms with Gasteiger partial charge in [-0.1, -0.05) is 26.0 Å². The molecule has 0 spiro atoms. The van der Waals surface area contributed by atoms with Crippen LogP contribution in [0.3, 0.4) is 0 Å². The van der Waals surface area contributed by atoms with E-state index in [1.807, 2.05) is 19.9 Å². The van der Waals surface area contributed by atoms with Gasteiger partial charge in [0.2, 0.25) is 0 Å². The highest BCUT2D eigenvalue weighted by molar-refractivity contribution is 5.71. The molecule has 0 aliphatic heterocycles. The Bertz CT molecular complexity index is 258.